The van der Waals surface area contributed by atoms with Crippen LogP contribution in [0.3, 0.4) is 0 Å². The van der Waals surface area contributed by atoms with E-state index in [4.69, 9.17) is 9.47 Å². The van der Waals surface area contributed by atoms with Crippen LogP contribution in [0.4, 0.5) is 10.5 Å². The quantitative estimate of drug-likeness (QED) is 0.744. The van der Waals surface area contributed by atoms with Crippen molar-refractivity contribution in [3.63, 3.8) is 0 Å². The van der Waals surface area contributed by atoms with E-state index < -0.39 is 0 Å². The van der Waals surface area contributed by atoms with Crippen molar-refractivity contribution < 1.29 is 14.3 Å². The molecular weight excluding hydrogens is 208 g/mol. The number of urea groups is 1. The molecule has 0 bridgehead atoms. The van der Waals surface area contributed by atoms with Gasteiger partial charge in [-0.3, -0.25) is 0 Å². The monoisotopic (exact) mass is 224 g/mol. The molecule has 1 aromatic rings. The Morgan fingerprint density at radius 2 is 1.94 bits per heavy atom. The zero-order valence-electron chi connectivity index (χ0n) is 9.45. The van der Waals surface area contributed by atoms with Crippen LogP contribution in [0.2, 0.25) is 0 Å². The number of rotatable bonds is 5. The summed E-state index contributed by atoms with van der Waals surface area (Å²) in [7, 11) is 3.18. The third-order valence-corrected chi connectivity index (χ3v) is 1.94. The molecule has 0 spiro atoms. The normalized spacial score (nSPS) is 9.62. The number of hydrogen-bond donors (Lipinski definition) is 2. The highest BCUT2D eigenvalue weighted by Gasteiger charge is 2.00. The maximum atomic E-state index is 11.3. The molecule has 0 unspecified atom stereocenters. The molecule has 1 rings (SSSR count). The molecule has 1 aromatic carbocycles. The Labute approximate surface area is 94.7 Å². The molecule has 0 heterocycles. The highest BCUT2D eigenvalue weighted by molar-refractivity contribution is 5.89. The number of carbonyl (C=O) groups is 1. The van der Waals surface area contributed by atoms with Gasteiger partial charge in [0.25, 0.3) is 0 Å². The molecule has 0 radical (unpaired) electrons. The number of nitrogens with one attached hydrogen (secondary N) is 2. The minimum atomic E-state index is -0.248. The summed E-state index contributed by atoms with van der Waals surface area (Å²) in [5.74, 6) is 0.755. The first-order valence-corrected chi connectivity index (χ1v) is 4.94. The molecule has 0 fully saturated rings. The van der Waals surface area contributed by atoms with Gasteiger partial charge in [0.05, 0.1) is 13.7 Å². The van der Waals surface area contributed by atoms with Crippen molar-refractivity contribution in [3.8, 4) is 5.75 Å². The predicted octanol–water partition coefficient (Wildman–Crippen LogP) is 1.46. The molecule has 5 heteroatoms. The lowest BCUT2D eigenvalue weighted by Gasteiger charge is -2.07. The van der Waals surface area contributed by atoms with Crippen LogP contribution in [0.25, 0.3) is 0 Å². The largest absolute Gasteiger partial charge is 0.497 e. The zero-order valence-corrected chi connectivity index (χ0v) is 9.45. The van der Waals surface area contributed by atoms with E-state index in [0.29, 0.717) is 13.2 Å². The van der Waals surface area contributed by atoms with Crippen molar-refractivity contribution in [1.82, 2.24) is 5.32 Å². The van der Waals surface area contributed by atoms with Gasteiger partial charge in [-0.25, -0.2) is 4.79 Å². The van der Waals surface area contributed by atoms with E-state index in [2.05, 4.69) is 10.6 Å². The molecule has 16 heavy (non-hydrogen) atoms. The van der Waals surface area contributed by atoms with Crippen molar-refractivity contribution in [3.05, 3.63) is 24.3 Å². The van der Waals surface area contributed by atoms with Crippen LogP contribution < -0.4 is 15.4 Å². The Balaban J connectivity index is 2.37. The molecule has 2 N–H and O–H groups in total. The second kappa shape index (κ2) is 6.68. The van der Waals surface area contributed by atoms with Crippen molar-refractivity contribution in [1.29, 1.82) is 0 Å². The van der Waals surface area contributed by atoms with Crippen molar-refractivity contribution in [2.24, 2.45) is 0 Å². The van der Waals surface area contributed by atoms with Gasteiger partial charge in [-0.2, -0.15) is 0 Å². The Hall–Kier alpha value is -1.75. The van der Waals surface area contributed by atoms with Gasteiger partial charge in [-0.05, 0) is 24.3 Å². The Kier molecular flexibility index (Phi) is 5.15. The maximum absolute atomic E-state index is 11.3. The first kappa shape index (κ1) is 12.3. The summed E-state index contributed by atoms with van der Waals surface area (Å²) in [4.78, 5) is 11.3. The molecule has 0 aliphatic heterocycles. The van der Waals surface area contributed by atoms with Gasteiger partial charge in [-0.1, -0.05) is 0 Å². The van der Waals surface area contributed by atoms with Gasteiger partial charge in [0.1, 0.15) is 5.75 Å². The fraction of sp³-hybridized carbons (Fsp3) is 0.364. The van der Waals surface area contributed by atoms with Crippen molar-refractivity contribution in [2.75, 3.05) is 32.7 Å². The van der Waals surface area contributed by atoms with Crippen LogP contribution in [0, 0.1) is 0 Å². The van der Waals surface area contributed by atoms with E-state index in [1.165, 1.54) is 0 Å². The number of hydrogen-bond acceptors (Lipinski definition) is 3. The second-order valence-electron chi connectivity index (χ2n) is 3.10. The van der Waals surface area contributed by atoms with Crippen LogP contribution >= 0.6 is 0 Å². The summed E-state index contributed by atoms with van der Waals surface area (Å²) in [6.07, 6.45) is 0. The van der Waals surface area contributed by atoms with E-state index in [9.17, 15) is 4.79 Å². The summed E-state index contributed by atoms with van der Waals surface area (Å²) in [6.45, 7) is 0.981. The van der Waals surface area contributed by atoms with Crippen molar-refractivity contribution >= 4 is 11.7 Å². The molecule has 0 aliphatic rings. The highest BCUT2D eigenvalue weighted by Crippen LogP contribution is 2.14. The Morgan fingerprint density at radius 1 is 1.25 bits per heavy atom. The fourth-order valence-corrected chi connectivity index (χ4v) is 1.12. The van der Waals surface area contributed by atoms with Crippen LogP contribution in [0.15, 0.2) is 24.3 Å². The lowest BCUT2D eigenvalue weighted by Crippen LogP contribution is -2.31. The molecule has 5 nitrogen and oxygen atoms in total. The molecule has 0 atom stereocenters. The average Bonchev–Trinajstić information content (AvgIpc) is 2.30. The van der Waals surface area contributed by atoms with E-state index in [-0.39, 0.29) is 6.03 Å². The smallest absolute Gasteiger partial charge is 0.319 e. The lowest BCUT2D eigenvalue weighted by atomic mass is 10.3. The van der Waals surface area contributed by atoms with Gasteiger partial charge in [0, 0.05) is 19.3 Å². The van der Waals surface area contributed by atoms with Crippen LogP contribution in [0.5, 0.6) is 5.75 Å². The minimum absolute atomic E-state index is 0.248. The topological polar surface area (TPSA) is 59.6 Å². The second-order valence-corrected chi connectivity index (χ2v) is 3.10. The molecule has 0 saturated carbocycles. The van der Waals surface area contributed by atoms with Gasteiger partial charge >= 0.3 is 6.03 Å². The van der Waals surface area contributed by atoms with E-state index in [1.54, 1.807) is 38.5 Å². The summed E-state index contributed by atoms with van der Waals surface area (Å²) in [5, 5.41) is 5.35. The Bertz CT molecular complexity index is 325. The van der Waals surface area contributed by atoms with E-state index in [1.807, 2.05) is 0 Å². The molecular formula is C11H16N2O3. The first-order chi connectivity index (χ1) is 7.76. The number of amides is 2. The molecule has 0 saturated heterocycles. The Morgan fingerprint density at radius 3 is 2.50 bits per heavy atom. The molecule has 0 aromatic heterocycles. The SMILES string of the molecule is COCCNC(=O)Nc1ccc(OC)cc1. The summed E-state index contributed by atoms with van der Waals surface area (Å²) in [5.41, 5.74) is 0.718. The molecule has 88 valence electrons. The number of methoxy groups -OCH3 is 2. The summed E-state index contributed by atoms with van der Waals surface area (Å²) >= 11 is 0. The maximum Gasteiger partial charge on any atom is 0.319 e. The van der Waals surface area contributed by atoms with E-state index >= 15 is 0 Å². The van der Waals surface area contributed by atoms with Gasteiger partial charge in [0.2, 0.25) is 0 Å². The third-order valence-electron chi connectivity index (χ3n) is 1.94. The summed E-state index contributed by atoms with van der Waals surface area (Å²) < 4.78 is 9.82. The first-order valence-electron chi connectivity index (χ1n) is 4.94. The standard InChI is InChI=1S/C11H16N2O3/c1-15-8-7-12-11(14)13-9-3-5-10(16-2)6-4-9/h3-6H,7-8H2,1-2H3,(H2,12,13,14). The van der Waals surface area contributed by atoms with Crippen LogP contribution in [0.1, 0.15) is 0 Å². The predicted molar refractivity (Wildman–Crippen MR) is 61.9 cm³/mol. The van der Waals surface area contributed by atoms with Crippen LogP contribution in [-0.2, 0) is 4.74 Å². The van der Waals surface area contributed by atoms with E-state index in [0.717, 1.165) is 11.4 Å². The minimum Gasteiger partial charge on any atom is -0.497 e. The number of carbonyl (C=O) groups excluding carboxylic acids is 1. The number of benzene rings is 1. The van der Waals surface area contributed by atoms with Gasteiger partial charge in [0.15, 0.2) is 0 Å². The number of ether oxygens (including phenoxy) is 2. The molecule has 0 aliphatic carbocycles. The lowest BCUT2D eigenvalue weighted by molar-refractivity contribution is 0.198. The van der Waals surface area contributed by atoms with Crippen LogP contribution in [-0.4, -0.2) is 33.4 Å². The van der Waals surface area contributed by atoms with Crippen molar-refractivity contribution in [2.45, 2.75) is 0 Å². The molecule has 2 amide bonds. The average molecular weight is 224 g/mol. The van der Waals surface area contributed by atoms with Gasteiger partial charge < -0.3 is 20.1 Å². The third kappa shape index (κ3) is 4.18. The summed E-state index contributed by atoms with van der Waals surface area (Å²) in [6, 6.07) is 6.86. The highest BCUT2D eigenvalue weighted by atomic mass is 16.5. The number of anilines is 1. The fourth-order valence-electron chi connectivity index (χ4n) is 1.12. The zero-order chi connectivity index (χ0) is 11.8. The van der Waals surface area contributed by atoms with Gasteiger partial charge in [-0.15, -0.1) is 0 Å².